The lowest BCUT2D eigenvalue weighted by Gasteiger charge is -2.06. The number of rotatable bonds is 11. The molecular weight excluding hydrogens is 264 g/mol. The molecule has 2 N–H and O–H groups in total. The second-order valence-corrected chi connectivity index (χ2v) is 5.31. The third-order valence-corrected chi connectivity index (χ3v) is 3.30. The van der Waals surface area contributed by atoms with Crippen molar-refractivity contribution < 1.29 is 14.9 Å². The zero-order valence-electron chi connectivity index (χ0n) is 13.4. The Balaban J connectivity index is 3.47. The van der Waals surface area contributed by atoms with Crippen molar-refractivity contribution in [1.29, 1.82) is 0 Å². The van der Waals surface area contributed by atoms with Crippen molar-refractivity contribution in [2.45, 2.75) is 58.5 Å². The van der Waals surface area contributed by atoms with Gasteiger partial charge < -0.3 is 14.9 Å². The van der Waals surface area contributed by atoms with Crippen LogP contribution in [0.5, 0.6) is 0 Å². The van der Waals surface area contributed by atoms with E-state index in [0.29, 0.717) is 0 Å². The van der Waals surface area contributed by atoms with Crippen molar-refractivity contribution in [3.05, 3.63) is 24.5 Å². The molecule has 0 aromatic heterocycles. The summed E-state index contributed by atoms with van der Waals surface area (Å²) >= 11 is 0. The van der Waals surface area contributed by atoms with Crippen LogP contribution in [0.1, 0.15) is 52.4 Å². The van der Waals surface area contributed by atoms with E-state index in [1.54, 1.807) is 6.08 Å². The number of aliphatic hydroxyl groups is 2. The standard InChI is InChI=1S/C18H30O3/c1-3-17(2)13-11-9-7-5-4-6-8-10-12-14-21-16-18(20)15-19/h4,6,12,14,17-20H,3,5,7,9,11,13,15-16H2,1-2H3/b6-4-,14-12-/t17?,18-/m0/s1. The minimum atomic E-state index is -0.831. The van der Waals surface area contributed by atoms with Gasteiger partial charge in [-0.1, -0.05) is 57.4 Å². The van der Waals surface area contributed by atoms with Crippen molar-refractivity contribution in [2.75, 3.05) is 13.2 Å². The van der Waals surface area contributed by atoms with E-state index in [0.717, 1.165) is 12.3 Å². The second kappa shape index (κ2) is 15.2. The first-order chi connectivity index (χ1) is 10.2. The molecule has 0 aliphatic heterocycles. The summed E-state index contributed by atoms with van der Waals surface area (Å²) in [5.74, 6) is 6.57. The van der Waals surface area contributed by atoms with Gasteiger partial charge in [0.05, 0.1) is 12.9 Å². The van der Waals surface area contributed by atoms with Gasteiger partial charge in [-0.15, -0.1) is 0 Å². The molecule has 0 heterocycles. The average molecular weight is 294 g/mol. The van der Waals surface area contributed by atoms with Gasteiger partial charge in [-0.2, -0.15) is 0 Å². The summed E-state index contributed by atoms with van der Waals surface area (Å²) in [6, 6.07) is 0. The monoisotopic (exact) mass is 294 g/mol. The molecule has 0 spiro atoms. The summed E-state index contributed by atoms with van der Waals surface area (Å²) in [6.45, 7) is 4.36. The van der Waals surface area contributed by atoms with Crippen LogP contribution in [-0.2, 0) is 4.74 Å². The predicted octanol–water partition coefficient (Wildman–Crippen LogP) is 3.43. The third-order valence-electron chi connectivity index (χ3n) is 3.30. The van der Waals surface area contributed by atoms with Crippen LogP contribution in [0.25, 0.3) is 0 Å². The van der Waals surface area contributed by atoms with E-state index in [4.69, 9.17) is 14.9 Å². The number of aliphatic hydroxyl groups excluding tert-OH is 2. The van der Waals surface area contributed by atoms with Crippen LogP contribution in [0, 0.1) is 17.8 Å². The van der Waals surface area contributed by atoms with Gasteiger partial charge in [0, 0.05) is 6.08 Å². The summed E-state index contributed by atoms with van der Waals surface area (Å²) in [5.41, 5.74) is 0. The van der Waals surface area contributed by atoms with Crippen molar-refractivity contribution in [3.8, 4) is 11.8 Å². The fourth-order valence-corrected chi connectivity index (χ4v) is 1.68. The molecule has 0 fully saturated rings. The number of ether oxygens (including phenoxy) is 1. The van der Waals surface area contributed by atoms with Gasteiger partial charge >= 0.3 is 0 Å². The molecule has 0 radical (unpaired) electrons. The predicted molar refractivity (Wildman–Crippen MR) is 87.6 cm³/mol. The molecule has 120 valence electrons. The van der Waals surface area contributed by atoms with Gasteiger partial charge in [-0.3, -0.25) is 0 Å². The van der Waals surface area contributed by atoms with Gasteiger partial charge in [0.1, 0.15) is 12.7 Å². The number of allylic oxidation sites excluding steroid dienone is 3. The Morgan fingerprint density at radius 1 is 1.14 bits per heavy atom. The van der Waals surface area contributed by atoms with Crippen molar-refractivity contribution >= 4 is 0 Å². The maximum atomic E-state index is 9.01. The van der Waals surface area contributed by atoms with E-state index in [2.05, 4.69) is 31.8 Å². The van der Waals surface area contributed by atoms with Crippen LogP contribution in [0.4, 0.5) is 0 Å². The van der Waals surface area contributed by atoms with Crippen molar-refractivity contribution in [3.63, 3.8) is 0 Å². The molecule has 3 nitrogen and oxygen atoms in total. The molecule has 0 saturated carbocycles. The molecule has 0 aromatic carbocycles. The van der Waals surface area contributed by atoms with Crippen LogP contribution in [-0.4, -0.2) is 29.5 Å². The fraction of sp³-hybridized carbons (Fsp3) is 0.667. The Labute approximate surface area is 129 Å². The Morgan fingerprint density at radius 2 is 1.90 bits per heavy atom. The van der Waals surface area contributed by atoms with Crippen LogP contribution in [0.3, 0.4) is 0 Å². The van der Waals surface area contributed by atoms with Crippen LogP contribution in [0.15, 0.2) is 24.5 Å². The third kappa shape index (κ3) is 15.0. The van der Waals surface area contributed by atoms with Crippen molar-refractivity contribution in [1.82, 2.24) is 0 Å². The van der Waals surface area contributed by atoms with Gasteiger partial charge in [0.15, 0.2) is 0 Å². The van der Waals surface area contributed by atoms with Gasteiger partial charge in [0.2, 0.25) is 0 Å². The summed E-state index contributed by atoms with van der Waals surface area (Å²) in [5, 5.41) is 17.6. The Hall–Kier alpha value is -1.24. The van der Waals surface area contributed by atoms with E-state index in [9.17, 15) is 0 Å². The SMILES string of the molecule is CCC(C)CCCCC/C=C\C#C/C=C\OC[C@@H](O)CO. The number of unbranched alkanes of at least 4 members (excludes halogenated alkanes) is 3. The molecule has 0 rings (SSSR count). The summed E-state index contributed by atoms with van der Waals surface area (Å²) in [7, 11) is 0. The Kier molecular flexibility index (Phi) is 14.3. The van der Waals surface area contributed by atoms with E-state index in [1.807, 2.05) is 6.08 Å². The molecule has 0 amide bonds. The highest BCUT2D eigenvalue weighted by molar-refractivity contribution is 5.22. The average Bonchev–Trinajstić information content (AvgIpc) is 2.51. The van der Waals surface area contributed by atoms with E-state index in [1.165, 1.54) is 38.4 Å². The number of hydrogen-bond acceptors (Lipinski definition) is 3. The fourth-order valence-electron chi connectivity index (χ4n) is 1.68. The first-order valence-electron chi connectivity index (χ1n) is 7.92. The van der Waals surface area contributed by atoms with E-state index in [-0.39, 0.29) is 13.2 Å². The van der Waals surface area contributed by atoms with Crippen LogP contribution < -0.4 is 0 Å². The normalized spacial score (nSPS) is 14.1. The topological polar surface area (TPSA) is 49.7 Å². The van der Waals surface area contributed by atoms with Crippen LogP contribution >= 0.6 is 0 Å². The Morgan fingerprint density at radius 3 is 2.62 bits per heavy atom. The van der Waals surface area contributed by atoms with E-state index >= 15 is 0 Å². The largest absolute Gasteiger partial charge is 0.498 e. The highest BCUT2D eigenvalue weighted by Crippen LogP contribution is 2.12. The lowest BCUT2D eigenvalue weighted by Crippen LogP contribution is -2.17. The zero-order chi connectivity index (χ0) is 15.8. The molecule has 0 bridgehead atoms. The molecule has 21 heavy (non-hydrogen) atoms. The summed E-state index contributed by atoms with van der Waals surface area (Å²) < 4.78 is 4.97. The summed E-state index contributed by atoms with van der Waals surface area (Å²) in [4.78, 5) is 0. The molecule has 0 aliphatic carbocycles. The molecule has 0 saturated heterocycles. The second-order valence-electron chi connectivity index (χ2n) is 5.31. The van der Waals surface area contributed by atoms with E-state index < -0.39 is 6.10 Å². The van der Waals surface area contributed by atoms with Gasteiger partial charge in [-0.05, 0) is 24.8 Å². The molecule has 0 aliphatic rings. The molecule has 3 heteroatoms. The zero-order valence-corrected chi connectivity index (χ0v) is 13.4. The first kappa shape index (κ1) is 19.8. The highest BCUT2D eigenvalue weighted by atomic mass is 16.5. The maximum absolute atomic E-state index is 9.01. The minimum absolute atomic E-state index is 0.0845. The molecule has 0 aromatic rings. The Bertz CT molecular complexity index is 336. The molecule has 1 unspecified atom stereocenters. The summed E-state index contributed by atoms with van der Waals surface area (Å²) in [6.07, 6.45) is 13.7. The van der Waals surface area contributed by atoms with Gasteiger partial charge in [-0.25, -0.2) is 0 Å². The minimum Gasteiger partial charge on any atom is -0.498 e. The molecule has 2 atom stereocenters. The maximum Gasteiger partial charge on any atom is 0.115 e. The van der Waals surface area contributed by atoms with Crippen LogP contribution in [0.2, 0.25) is 0 Å². The van der Waals surface area contributed by atoms with Gasteiger partial charge in [0.25, 0.3) is 0 Å². The highest BCUT2D eigenvalue weighted by Gasteiger charge is 1.98. The molecular formula is C18H30O3. The quantitative estimate of drug-likeness (QED) is 0.349. The smallest absolute Gasteiger partial charge is 0.115 e. The van der Waals surface area contributed by atoms with Crippen molar-refractivity contribution in [2.24, 2.45) is 5.92 Å². The number of hydrogen-bond donors (Lipinski definition) is 2. The lowest BCUT2D eigenvalue weighted by atomic mass is 10.0. The lowest BCUT2D eigenvalue weighted by molar-refractivity contribution is 0.0385. The first-order valence-corrected chi connectivity index (χ1v) is 7.92.